The molecule has 4 aliphatic rings. The van der Waals surface area contributed by atoms with Crippen molar-refractivity contribution in [2.75, 3.05) is 41.8 Å². The van der Waals surface area contributed by atoms with Gasteiger partial charge in [-0.25, -0.2) is 28.3 Å². The van der Waals surface area contributed by atoms with Crippen molar-refractivity contribution in [3.8, 4) is 11.5 Å². The number of carboxylic acid groups (broad SMARTS) is 2. The minimum Gasteiger partial charge on any atom is -0.487 e. The van der Waals surface area contributed by atoms with Gasteiger partial charge in [0, 0.05) is 62.4 Å². The zero-order valence-electron chi connectivity index (χ0n) is 34.1. The van der Waals surface area contributed by atoms with Gasteiger partial charge >= 0.3 is 11.9 Å². The van der Waals surface area contributed by atoms with Gasteiger partial charge in [0.15, 0.2) is 23.1 Å². The van der Waals surface area contributed by atoms with Crippen molar-refractivity contribution >= 4 is 51.1 Å². The highest BCUT2D eigenvalue weighted by Gasteiger charge is 2.34. The van der Waals surface area contributed by atoms with Crippen LogP contribution in [0, 0.1) is 17.5 Å². The number of carboxylic acids is 2. The molecule has 0 bridgehead atoms. The number of benzene rings is 2. The molecule has 1 saturated carbocycles. The topological polar surface area (TPSA) is 216 Å². The Balaban J connectivity index is 0.000000145. The molecular formula is C43H42F3N9O8. The molecule has 10 rings (SSSR count). The summed E-state index contributed by atoms with van der Waals surface area (Å²) < 4.78 is 56.7. The Morgan fingerprint density at radius 3 is 1.75 bits per heavy atom. The van der Waals surface area contributed by atoms with Crippen LogP contribution in [0.2, 0.25) is 0 Å². The second kappa shape index (κ2) is 17.6. The summed E-state index contributed by atoms with van der Waals surface area (Å²) in [7, 11) is 0. The van der Waals surface area contributed by atoms with E-state index < -0.39 is 45.8 Å². The minimum atomic E-state index is -1.41. The molecule has 0 spiro atoms. The summed E-state index contributed by atoms with van der Waals surface area (Å²) in [5, 5.41) is 24.9. The maximum Gasteiger partial charge on any atom is 0.341 e. The van der Waals surface area contributed by atoms with Crippen molar-refractivity contribution in [2.45, 2.75) is 70.1 Å². The second-order valence-corrected chi connectivity index (χ2v) is 15.7. The van der Waals surface area contributed by atoms with E-state index in [9.17, 15) is 33.1 Å². The molecule has 0 unspecified atom stereocenters. The van der Waals surface area contributed by atoms with Gasteiger partial charge < -0.3 is 44.4 Å². The molecule has 2 fully saturated rings. The maximum atomic E-state index is 15.3. The number of halogens is 3. The summed E-state index contributed by atoms with van der Waals surface area (Å²) in [6.45, 7) is 4.99. The number of aromatic carboxylic acids is 2. The quantitative estimate of drug-likeness (QED) is 0.144. The molecule has 63 heavy (non-hydrogen) atoms. The van der Waals surface area contributed by atoms with Crippen molar-refractivity contribution in [3.05, 3.63) is 111 Å². The van der Waals surface area contributed by atoms with Crippen molar-refractivity contribution in [1.29, 1.82) is 0 Å². The number of aromatic nitrogens is 6. The first-order chi connectivity index (χ1) is 30.3. The van der Waals surface area contributed by atoms with Gasteiger partial charge in [-0.2, -0.15) is 4.39 Å². The van der Waals surface area contributed by atoms with Crippen LogP contribution >= 0.6 is 0 Å². The zero-order chi connectivity index (χ0) is 44.5. The molecule has 1 saturated heterocycles. The number of carbonyl (C=O) groups is 2. The van der Waals surface area contributed by atoms with Crippen LogP contribution in [0.15, 0.2) is 71.3 Å². The van der Waals surface area contributed by atoms with Gasteiger partial charge in [-0.05, 0) is 45.2 Å². The van der Waals surface area contributed by atoms with Gasteiger partial charge in [0.1, 0.15) is 41.7 Å². The summed E-state index contributed by atoms with van der Waals surface area (Å²) in [6, 6.07) is 2.01. The Morgan fingerprint density at radius 1 is 0.714 bits per heavy atom. The van der Waals surface area contributed by atoms with Crippen LogP contribution in [-0.4, -0.2) is 89.6 Å². The Labute approximate surface area is 356 Å². The van der Waals surface area contributed by atoms with Crippen molar-refractivity contribution in [2.24, 2.45) is 0 Å². The summed E-state index contributed by atoms with van der Waals surface area (Å²) in [4.78, 5) is 65.7. The van der Waals surface area contributed by atoms with Crippen molar-refractivity contribution in [3.63, 3.8) is 0 Å². The number of nitrogens with zero attached hydrogens (tertiary/aromatic N) is 7. The van der Waals surface area contributed by atoms with Gasteiger partial charge in [0.2, 0.25) is 16.7 Å². The molecule has 0 amide bonds. The Hall–Kier alpha value is -7.25. The zero-order valence-corrected chi connectivity index (χ0v) is 34.1. The molecule has 20 heteroatoms. The van der Waals surface area contributed by atoms with Gasteiger partial charge in [0.05, 0.1) is 46.3 Å². The third-order valence-electron chi connectivity index (χ3n) is 11.4. The van der Waals surface area contributed by atoms with Crippen LogP contribution in [0.3, 0.4) is 0 Å². The number of rotatable bonds is 7. The predicted molar refractivity (Wildman–Crippen MR) is 225 cm³/mol. The first kappa shape index (κ1) is 42.4. The largest absolute Gasteiger partial charge is 0.487 e. The second-order valence-electron chi connectivity index (χ2n) is 15.7. The SMILES string of the molecule is C[C@H]1COc2c(F)c(F)cc3c(=O)c(C(=O)O)cn1c23.C[C@H]1COc2c(N3CC[C@@H](Nc4cnccn4)C3)c(F)cc3c(=O)c(C(=O)O)cn1c23.c1cnc(NC2CCCC2)cn1. The highest BCUT2D eigenvalue weighted by atomic mass is 19.2. The summed E-state index contributed by atoms with van der Waals surface area (Å²) in [5.74, 6) is -4.30. The number of ether oxygens (including phenoxy) is 2. The third-order valence-corrected chi connectivity index (χ3v) is 11.4. The van der Waals surface area contributed by atoms with E-state index in [0.29, 0.717) is 42.2 Å². The van der Waals surface area contributed by atoms with E-state index in [2.05, 4.69) is 30.6 Å². The van der Waals surface area contributed by atoms with E-state index in [1.54, 1.807) is 48.7 Å². The minimum absolute atomic E-state index is 0.0103. The lowest BCUT2D eigenvalue weighted by Crippen LogP contribution is -2.30. The fraction of sp³-hybridized carbons (Fsp3) is 0.349. The van der Waals surface area contributed by atoms with Crippen LogP contribution in [0.4, 0.5) is 30.5 Å². The molecule has 17 nitrogen and oxygen atoms in total. The molecule has 328 valence electrons. The third kappa shape index (κ3) is 8.39. The number of nitrogens with one attached hydrogen (secondary N) is 2. The Kier molecular flexibility index (Phi) is 11.9. The van der Waals surface area contributed by atoms with Crippen LogP contribution in [0.1, 0.15) is 78.8 Å². The molecule has 4 N–H and O–H groups in total. The lowest BCUT2D eigenvalue weighted by molar-refractivity contribution is 0.0683. The average Bonchev–Trinajstić information content (AvgIpc) is 3.96. The molecule has 7 heterocycles. The molecule has 3 atom stereocenters. The number of anilines is 3. The van der Waals surface area contributed by atoms with Crippen molar-refractivity contribution in [1.82, 2.24) is 29.1 Å². The normalized spacial score (nSPS) is 18.7. The lowest BCUT2D eigenvalue weighted by Gasteiger charge is -2.31. The first-order valence-corrected chi connectivity index (χ1v) is 20.3. The fourth-order valence-corrected chi connectivity index (χ4v) is 8.32. The number of hydrogen-bond acceptors (Lipinski definition) is 13. The molecule has 6 aromatic rings. The molecular weight excluding hydrogens is 828 g/mol. The molecule has 3 aliphatic heterocycles. The van der Waals surface area contributed by atoms with E-state index in [1.807, 2.05) is 11.8 Å². The van der Waals surface area contributed by atoms with Crippen molar-refractivity contribution < 1.29 is 42.4 Å². The summed E-state index contributed by atoms with van der Waals surface area (Å²) in [6.07, 6.45) is 18.5. The number of hydrogen-bond donors (Lipinski definition) is 4. The number of pyridine rings is 2. The summed E-state index contributed by atoms with van der Waals surface area (Å²) in [5.41, 5.74) is -1.64. The smallest absolute Gasteiger partial charge is 0.341 e. The van der Waals surface area contributed by atoms with E-state index in [1.165, 1.54) is 36.4 Å². The standard InChI is InChI=1S/C21H20FN5O4.C13H9F2NO4.C9H13N3/c1-11-10-31-20-17-13(19(28)14(21(29)30)9-27(11)17)6-15(22)18(20)26-5-2-12(8-26)25-16-7-23-3-4-24-16;1-5-4-20-12-9(15)8(14)2-6-10(12)16(5)3-7(11(6)17)13(18)19;1-2-4-8(3-1)12-9-7-10-5-6-11-9/h3-4,6-7,9,11-12H,2,5,8,10H2,1H3,(H,24,25)(H,29,30);2-3,5H,4H2,1H3,(H,18,19);5-8H,1-4H2,(H,11,12)/t11-,12+;5-;/m00./s1. The van der Waals surface area contributed by atoms with Gasteiger partial charge in [0.25, 0.3) is 0 Å². The van der Waals surface area contributed by atoms with Gasteiger partial charge in [-0.1, -0.05) is 12.8 Å². The molecule has 2 aromatic carbocycles. The highest BCUT2D eigenvalue weighted by molar-refractivity contribution is 5.97. The summed E-state index contributed by atoms with van der Waals surface area (Å²) >= 11 is 0. The Bertz CT molecular complexity index is 2840. The van der Waals surface area contributed by atoms with Crippen LogP contribution < -0.4 is 35.9 Å². The molecule has 1 aliphatic carbocycles. The van der Waals surface area contributed by atoms with Crippen LogP contribution in [0.25, 0.3) is 21.8 Å². The average molecular weight is 870 g/mol. The first-order valence-electron chi connectivity index (χ1n) is 20.3. The highest BCUT2D eigenvalue weighted by Crippen LogP contribution is 2.43. The van der Waals surface area contributed by atoms with E-state index in [0.717, 1.165) is 24.5 Å². The maximum absolute atomic E-state index is 15.3. The van der Waals surface area contributed by atoms with Crippen LogP contribution in [0.5, 0.6) is 11.5 Å². The fourth-order valence-electron chi connectivity index (χ4n) is 8.32. The molecule has 0 radical (unpaired) electrons. The van der Waals surface area contributed by atoms with E-state index in [-0.39, 0.29) is 64.7 Å². The Morgan fingerprint density at radius 2 is 1.22 bits per heavy atom. The van der Waals surface area contributed by atoms with Gasteiger partial charge in [-0.15, -0.1) is 0 Å². The lowest BCUT2D eigenvalue weighted by atomic mass is 10.1. The van der Waals surface area contributed by atoms with E-state index >= 15 is 4.39 Å². The van der Waals surface area contributed by atoms with E-state index in [4.69, 9.17) is 14.6 Å². The van der Waals surface area contributed by atoms with Crippen LogP contribution in [-0.2, 0) is 0 Å². The molecule has 4 aromatic heterocycles. The monoisotopic (exact) mass is 869 g/mol. The van der Waals surface area contributed by atoms with Gasteiger partial charge in [-0.3, -0.25) is 19.6 Å². The predicted octanol–water partition coefficient (Wildman–Crippen LogP) is 6.04.